The number of carboxylic acid groups (broad SMARTS) is 1. The number of carbonyl (C=O) groups excluding carboxylic acids is 1. The van der Waals surface area contributed by atoms with Crippen molar-refractivity contribution >= 4 is 12.0 Å². The first-order valence-electron chi connectivity index (χ1n) is 4.87. The fourth-order valence-electron chi connectivity index (χ4n) is 1.15. The third-order valence-corrected chi connectivity index (χ3v) is 2.10. The van der Waals surface area contributed by atoms with Gasteiger partial charge in [0.1, 0.15) is 0 Å². The zero-order chi connectivity index (χ0) is 12.8. The highest BCUT2D eigenvalue weighted by Crippen LogP contribution is 2.00. The number of nitrogens with one attached hydrogen (secondary N) is 2. The van der Waals surface area contributed by atoms with E-state index in [4.69, 9.17) is 10.2 Å². The first kappa shape index (κ1) is 13.0. The minimum absolute atomic E-state index is 0.292. The fourth-order valence-corrected chi connectivity index (χ4v) is 1.15. The Morgan fingerprint density at radius 1 is 1.65 bits per heavy atom. The maximum Gasteiger partial charge on any atom is 0.328 e. The van der Waals surface area contributed by atoms with Crippen LogP contribution in [0, 0.1) is 0 Å². The van der Waals surface area contributed by atoms with Gasteiger partial charge in [0.2, 0.25) is 0 Å². The van der Waals surface area contributed by atoms with E-state index in [1.165, 1.54) is 11.9 Å². The van der Waals surface area contributed by atoms with Gasteiger partial charge >= 0.3 is 12.0 Å². The molecule has 0 saturated carbocycles. The highest BCUT2D eigenvalue weighted by atomic mass is 16.4. The number of rotatable bonds is 5. The van der Waals surface area contributed by atoms with Crippen molar-refractivity contribution in [3.63, 3.8) is 0 Å². The van der Waals surface area contributed by atoms with Crippen LogP contribution in [0.4, 0.5) is 4.79 Å². The monoisotopic (exact) mass is 242 g/mol. The molecule has 1 heterocycles. The first-order chi connectivity index (χ1) is 8.04. The highest BCUT2D eigenvalue weighted by molar-refractivity contribution is 5.82. The Labute approximate surface area is 97.2 Å². The second kappa shape index (κ2) is 5.85. The van der Waals surface area contributed by atoms with Gasteiger partial charge < -0.3 is 20.4 Å². The van der Waals surface area contributed by atoms with Crippen LogP contribution in [0.5, 0.6) is 0 Å². The number of aliphatic hydroxyl groups is 1. The third-order valence-electron chi connectivity index (χ3n) is 2.10. The van der Waals surface area contributed by atoms with Gasteiger partial charge in [-0.1, -0.05) is 0 Å². The van der Waals surface area contributed by atoms with Crippen LogP contribution < -0.4 is 5.32 Å². The van der Waals surface area contributed by atoms with Crippen LogP contribution in [0.15, 0.2) is 12.4 Å². The van der Waals surface area contributed by atoms with E-state index in [2.05, 4.69) is 15.5 Å². The summed E-state index contributed by atoms with van der Waals surface area (Å²) >= 11 is 0. The fraction of sp³-hybridized carbons (Fsp3) is 0.444. The number of urea groups is 1. The lowest BCUT2D eigenvalue weighted by atomic mass is 10.3. The Morgan fingerprint density at radius 2 is 2.35 bits per heavy atom. The van der Waals surface area contributed by atoms with E-state index in [9.17, 15) is 9.59 Å². The van der Waals surface area contributed by atoms with Crippen LogP contribution in [-0.2, 0) is 11.3 Å². The number of amides is 2. The number of aromatic nitrogens is 2. The van der Waals surface area contributed by atoms with Crippen LogP contribution in [-0.4, -0.2) is 57.0 Å². The summed E-state index contributed by atoms with van der Waals surface area (Å²) in [5, 5.41) is 25.9. The van der Waals surface area contributed by atoms with Crippen molar-refractivity contribution in [3.05, 3.63) is 18.0 Å². The average molecular weight is 242 g/mol. The molecule has 0 fully saturated rings. The van der Waals surface area contributed by atoms with Gasteiger partial charge in [0.05, 0.1) is 19.3 Å². The van der Waals surface area contributed by atoms with Gasteiger partial charge in [-0.3, -0.25) is 5.10 Å². The molecule has 1 unspecified atom stereocenters. The van der Waals surface area contributed by atoms with Gasteiger partial charge in [-0.2, -0.15) is 5.10 Å². The molecule has 94 valence electrons. The van der Waals surface area contributed by atoms with Crippen LogP contribution in [0.3, 0.4) is 0 Å². The van der Waals surface area contributed by atoms with Gasteiger partial charge in [0, 0.05) is 18.8 Å². The standard InChI is InChI=1S/C9H14N4O4/c1-13(4-6-2-10-11-3-6)9(17)12-7(5-14)8(15)16/h2-3,7,14H,4-5H2,1H3,(H,10,11)(H,12,17)(H,15,16). The van der Waals surface area contributed by atoms with E-state index in [1.54, 1.807) is 12.4 Å². The van der Waals surface area contributed by atoms with E-state index < -0.39 is 24.6 Å². The van der Waals surface area contributed by atoms with Crippen molar-refractivity contribution < 1.29 is 19.8 Å². The SMILES string of the molecule is CN(Cc1cn[nH]c1)C(=O)NC(CO)C(=O)O. The van der Waals surface area contributed by atoms with Crippen LogP contribution in [0.2, 0.25) is 0 Å². The lowest BCUT2D eigenvalue weighted by Gasteiger charge is -2.19. The molecule has 1 atom stereocenters. The molecular weight excluding hydrogens is 228 g/mol. The summed E-state index contributed by atoms with van der Waals surface area (Å²) in [5.74, 6) is -1.28. The number of H-pyrrole nitrogens is 1. The van der Waals surface area contributed by atoms with E-state index in [-0.39, 0.29) is 0 Å². The molecule has 0 aliphatic heterocycles. The minimum Gasteiger partial charge on any atom is -0.480 e. The lowest BCUT2D eigenvalue weighted by molar-refractivity contribution is -0.140. The maximum atomic E-state index is 11.6. The number of aliphatic carboxylic acids is 1. The van der Waals surface area contributed by atoms with Crippen molar-refractivity contribution in [2.24, 2.45) is 0 Å². The number of aliphatic hydroxyl groups excluding tert-OH is 1. The van der Waals surface area contributed by atoms with Crippen molar-refractivity contribution in [1.82, 2.24) is 20.4 Å². The zero-order valence-electron chi connectivity index (χ0n) is 9.25. The highest BCUT2D eigenvalue weighted by Gasteiger charge is 2.20. The topological polar surface area (TPSA) is 119 Å². The maximum absolute atomic E-state index is 11.6. The van der Waals surface area contributed by atoms with Crippen molar-refractivity contribution in [2.45, 2.75) is 12.6 Å². The quantitative estimate of drug-likeness (QED) is 0.528. The van der Waals surface area contributed by atoms with Crippen molar-refractivity contribution in [3.8, 4) is 0 Å². The van der Waals surface area contributed by atoms with E-state index in [0.717, 1.165) is 5.56 Å². The molecule has 0 aliphatic carbocycles. The van der Waals surface area contributed by atoms with Crippen molar-refractivity contribution in [1.29, 1.82) is 0 Å². The second-order valence-electron chi connectivity index (χ2n) is 3.49. The number of aromatic amines is 1. The first-order valence-corrected chi connectivity index (χ1v) is 4.87. The molecule has 1 rings (SSSR count). The molecule has 0 bridgehead atoms. The van der Waals surface area contributed by atoms with Gasteiger partial charge in [-0.15, -0.1) is 0 Å². The number of carboxylic acids is 1. The summed E-state index contributed by atoms with van der Waals surface area (Å²) in [5.41, 5.74) is 0.790. The van der Waals surface area contributed by atoms with Crippen LogP contribution in [0.1, 0.15) is 5.56 Å². The number of hydrogen-bond donors (Lipinski definition) is 4. The Bertz CT molecular complexity index is 378. The van der Waals surface area contributed by atoms with E-state index in [0.29, 0.717) is 6.54 Å². The molecule has 0 aromatic carbocycles. The number of carbonyl (C=O) groups is 2. The normalized spacial score (nSPS) is 11.9. The molecular formula is C9H14N4O4. The average Bonchev–Trinajstić information content (AvgIpc) is 2.77. The molecule has 4 N–H and O–H groups in total. The van der Waals surface area contributed by atoms with Crippen LogP contribution in [0.25, 0.3) is 0 Å². The zero-order valence-corrected chi connectivity index (χ0v) is 9.25. The molecule has 1 aromatic heterocycles. The Kier molecular flexibility index (Phi) is 4.46. The molecule has 8 heteroatoms. The molecule has 0 radical (unpaired) electrons. The molecule has 0 aliphatic rings. The molecule has 0 saturated heterocycles. The minimum atomic E-state index is -1.30. The summed E-state index contributed by atoms with van der Waals surface area (Å²) in [6.45, 7) is -0.360. The molecule has 2 amide bonds. The molecule has 1 aromatic rings. The Balaban J connectivity index is 2.49. The number of nitrogens with zero attached hydrogens (tertiary/aromatic N) is 2. The summed E-state index contributed by atoms with van der Waals surface area (Å²) in [4.78, 5) is 23.4. The largest absolute Gasteiger partial charge is 0.480 e. The third kappa shape index (κ3) is 3.76. The van der Waals surface area contributed by atoms with E-state index >= 15 is 0 Å². The second-order valence-corrected chi connectivity index (χ2v) is 3.49. The molecule has 0 spiro atoms. The Morgan fingerprint density at radius 3 is 2.82 bits per heavy atom. The summed E-state index contributed by atoms with van der Waals surface area (Å²) in [6, 6.07) is -1.87. The van der Waals surface area contributed by atoms with Crippen molar-refractivity contribution in [2.75, 3.05) is 13.7 Å². The van der Waals surface area contributed by atoms with Gasteiger partial charge in [0.25, 0.3) is 0 Å². The summed E-state index contributed by atoms with van der Waals surface area (Å²) < 4.78 is 0. The molecule has 8 nitrogen and oxygen atoms in total. The van der Waals surface area contributed by atoms with Gasteiger partial charge in [0.15, 0.2) is 6.04 Å². The lowest BCUT2D eigenvalue weighted by Crippen LogP contribution is -2.48. The van der Waals surface area contributed by atoms with Gasteiger partial charge in [-0.05, 0) is 0 Å². The molecule has 17 heavy (non-hydrogen) atoms. The van der Waals surface area contributed by atoms with Gasteiger partial charge in [-0.25, -0.2) is 9.59 Å². The van der Waals surface area contributed by atoms with E-state index in [1.807, 2.05) is 0 Å². The Hall–Kier alpha value is -2.09. The predicted molar refractivity (Wildman–Crippen MR) is 57.1 cm³/mol. The summed E-state index contributed by atoms with van der Waals surface area (Å²) in [7, 11) is 1.51. The predicted octanol–water partition coefficient (Wildman–Crippen LogP) is -1.00. The smallest absolute Gasteiger partial charge is 0.328 e. The summed E-state index contributed by atoms with van der Waals surface area (Å²) in [6.07, 6.45) is 3.19. The van der Waals surface area contributed by atoms with Crippen LogP contribution >= 0.6 is 0 Å². The number of hydrogen-bond acceptors (Lipinski definition) is 4.